The molecule has 218 valence electrons. The van der Waals surface area contributed by atoms with Gasteiger partial charge in [0.15, 0.2) is 11.7 Å². The summed E-state index contributed by atoms with van der Waals surface area (Å²) in [6.45, 7) is 2.35. The number of rotatable bonds is 6. The Morgan fingerprint density at radius 1 is 0.556 bits per heavy atom. The topological polar surface area (TPSA) is 148 Å². The molecule has 4 aliphatic heterocycles. The third-order valence-electron chi connectivity index (χ3n) is 8.66. The van der Waals surface area contributed by atoms with E-state index in [9.17, 15) is 9.59 Å². The van der Waals surface area contributed by atoms with Gasteiger partial charge in [-0.15, -0.1) is 0 Å². The number of hydrogen-bond acceptors (Lipinski definition) is 10. The Morgan fingerprint density at radius 2 is 0.956 bits per heavy atom. The van der Waals surface area contributed by atoms with Crippen LogP contribution in [0.1, 0.15) is 20.7 Å². The molecule has 11 nitrogen and oxygen atoms in total. The van der Waals surface area contributed by atoms with E-state index in [2.05, 4.69) is 25.6 Å². The third kappa shape index (κ3) is 3.70. The van der Waals surface area contributed by atoms with Crippen molar-refractivity contribution in [3.8, 4) is 0 Å². The normalized spacial score (nSPS) is 18.4. The summed E-state index contributed by atoms with van der Waals surface area (Å²) in [5, 5.41) is 10.7. The molecule has 0 amide bonds. The Bertz CT molecular complexity index is 2220. The van der Waals surface area contributed by atoms with Crippen LogP contribution >= 0.6 is 0 Å². The zero-order chi connectivity index (χ0) is 30.2. The lowest BCUT2D eigenvalue weighted by molar-refractivity contribution is 0.0929. The second-order valence-corrected chi connectivity index (χ2v) is 11.4. The zero-order valence-corrected chi connectivity index (χ0v) is 23.9. The molecule has 9 rings (SSSR count). The molecule has 0 fully saturated rings. The minimum Gasteiger partial charge on any atom is -0.368 e. The molecule has 0 spiro atoms. The monoisotopic (exact) mass is 591 g/mol. The van der Waals surface area contributed by atoms with Crippen molar-refractivity contribution in [3.63, 3.8) is 0 Å². The first-order valence-electron chi connectivity index (χ1n) is 14.9. The van der Waals surface area contributed by atoms with E-state index >= 15 is 0 Å². The molecule has 1 aromatic heterocycles. The van der Waals surface area contributed by atoms with Crippen molar-refractivity contribution in [1.29, 1.82) is 0 Å². The molecule has 5 aromatic rings. The summed E-state index contributed by atoms with van der Waals surface area (Å²) in [6.07, 6.45) is 0. The predicted molar refractivity (Wildman–Crippen MR) is 168 cm³/mol. The van der Waals surface area contributed by atoms with Crippen LogP contribution in [0.3, 0.4) is 0 Å². The number of carbonyl (C=O) groups excluding carboxylic acids is 2. The van der Waals surface area contributed by atoms with E-state index in [0.29, 0.717) is 70.4 Å². The average molecular weight is 592 g/mol. The van der Waals surface area contributed by atoms with Crippen molar-refractivity contribution < 1.29 is 9.59 Å². The molecule has 0 saturated heterocycles. The highest BCUT2D eigenvalue weighted by atomic mass is 16.1. The van der Waals surface area contributed by atoms with Gasteiger partial charge < -0.3 is 15.6 Å². The molecular formula is C34H25N9O2. The van der Waals surface area contributed by atoms with Crippen LogP contribution < -0.4 is 32.1 Å². The highest BCUT2D eigenvalue weighted by molar-refractivity contribution is 6.23. The fraction of sp³-hybridized carbons (Fsp3) is 0.176. The Hall–Kier alpha value is -5.84. The number of nitrogens with one attached hydrogen (secondary N) is 3. The van der Waals surface area contributed by atoms with Gasteiger partial charge in [0.05, 0.1) is 34.5 Å². The number of Topliss-reactive ketones (excluding diaryl/α,β-unsaturated/α-hetero) is 2. The van der Waals surface area contributed by atoms with Gasteiger partial charge in [0.2, 0.25) is 11.6 Å². The lowest BCUT2D eigenvalue weighted by atomic mass is 9.94. The molecule has 5 heterocycles. The first kappa shape index (κ1) is 25.6. The van der Waals surface area contributed by atoms with Crippen LogP contribution in [0.15, 0.2) is 115 Å². The van der Waals surface area contributed by atoms with Gasteiger partial charge >= 0.3 is 0 Å². The van der Waals surface area contributed by atoms with Crippen LogP contribution in [0.2, 0.25) is 0 Å². The highest BCUT2D eigenvalue weighted by Crippen LogP contribution is 2.32. The van der Waals surface area contributed by atoms with E-state index in [-0.39, 0.29) is 11.6 Å². The maximum atomic E-state index is 14.4. The summed E-state index contributed by atoms with van der Waals surface area (Å²) >= 11 is 0. The van der Waals surface area contributed by atoms with E-state index in [1.165, 1.54) is 0 Å². The van der Waals surface area contributed by atoms with Gasteiger partial charge in [0.25, 0.3) is 11.3 Å². The standard InChI is InChI=1S/C34H25N9O2/c44-29(33(31-35-13-14-36-31)40-25-5-1-2-6-26(25)41-33)19-9-11-23-21(17-19)22-18-20(10-12-24(22)39-23)30(45)34(32-37-15-16-38-32)42-27-7-3-4-8-28(27)43-34/h1-12,17-18,39H,13-16H2,(H,35,36)(H,37,38). The fourth-order valence-electron chi connectivity index (χ4n) is 6.53. The summed E-state index contributed by atoms with van der Waals surface area (Å²) in [6, 6.07) is 25.9. The molecule has 0 unspecified atom stereocenters. The SMILES string of the molecule is O=C(c1ccc2[nH]c3ccc(C(=O)C4(C5=NCCN5)N=c5ccccc5=N4)cc3c2c1)C1(C2=NCCN2)N=c2ccccc2=N1. The first-order chi connectivity index (χ1) is 22.0. The summed E-state index contributed by atoms with van der Waals surface area (Å²) in [4.78, 5) is 60.5. The number of aromatic amines is 1. The summed E-state index contributed by atoms with van der Waals surface area (Å²) in [5.74, 6) is 0.352. The van der Waals surface area contributed by atoms with Crippen LogP contribution in [0.5, 0.6) is 0 Å². The molecule has 4 aliphatic rings. The lowest BCUT2D eigenvalue weighted by Crippen LogP contribution is -2.48. The Kier molecular flexibility index (Phi) is 5.31. The Morgan fingerprint density at radius 3 is 1.31 bits per heavy atom. The van der Waals surface area contributed by atoms with Crippen molar-refractivity contribution >= 4 is 45.0 Å². The smallest absolute Gasteiger partial charge is 0.272 e. The summed E-state index contributed by atoms with van der Waals surface area (Å²) in [5.41, 5.74) is -0.479. The Labute approximate surface area is 255 Å². The van der Waals surface area contributed by atoms with Crippen molar-refractivity contribution in [1.82, 2.24) is 15.6 Å². The quantitative estimate of drug-likeness (QED) is 0.253. The molecule has 0 bridgehead atoms. The minimum atomic E-state index is -1.51. The molecule has 11 heteroatoms. The van der Waals surface area contributed by atoms with Gasteiger partial charge in [0, 0.05) is 46.0 Å². The number of para-hydroxylation sites is 4. The van der Waals surface area contributed by atoms with E-state index in [0.717, 1.165) is 21.8 Å². The summed E-state index contributed by atoms with van der Waals surface area (Å²) in [7, 11) is 0. The maximum absolute atomic E-state index is 14.4. The lowest BCUT2D eigenvalue weighted by Gasteiger charge is -2.22. The van der Waals surface area contributed by atoms with Crippen LogP contribution in [0.25, 0.3) is 21.8 Å². The molecule has 0 aliphatic carbocycles. The number of carbonyl (C=O) groups is 2. The Balaban J connectivity index is 1.17. The minimum absolute atomic E-state index is 0.277. The predicted octanol–water partition coefficient (Wildman–Crippen LogP) is 0.989. The average Bonchev–Trinajstić information content (AvgIpc) is 3.91. The molecule has 45 heavy (non-hydrogen) atoms. The molecule has 0 radical (unpaired) electrons. The number of aliphatic imine (C=N–C) groups is 2. The second-order valence-electron chi connectivity index (χ2n) is 11.4. The van der Waals surface area contributed by atoms with Crippen LogP contribution in [0, 0.1) is 0 Å². The van der Waals surface area contributed by atoms with Crippen molar-refractivity contribution in [3.05, 3.63) is 117 Å². The number of benzene rings is 4. The van der Waals surface area contributed by atoms with Crippen molar-refractivity contribution in [2.75, 3.05) is 26.2 Å². The molecule has 0 atom stereocenters. The van der Waals surface area contributed by atoms with Gasteiger partial charge in [-0.1, -0.05) is 24.3 Å². The van der Waals surface area contributed by atoms with E-state index in [1.807, 2.05) is 72.8 Å². The zero-order valence-electron chi connectivity index (χ0n) is 23.9. The van der Waals surface area contributed by atoms with Crippen LogP contribution in [0.4, 0.5) is 0 Å². The fourth-order valence-corrected chi connectivity index (χ4v) is 6.53. The summed E-state index contributed by atoms with van der Waals surface area (Å²) < 4.78 is 0. The van der Waals surface area contributed by atoms with Crippen molar-refractivity contribution in [2.24, 2.45) is 30.0 Å². The van der Waals surface area contributed by atoms with Gasteiger partial charge in [-0.25, -0.2) is 20.0 Å². The number of fused-ring (bicyclic) bond motifs is 5. The first-order valence-corrected chi connectivity index (χ1v) is 14.9. The van der Waals surface area contributed by atoms with Gasteiger partial charge in [-0.3, -0.25) is 19.6 Å². The molecule has 4 aromatic carbocycles. The van der Waals surface area contributed by atoms with Gasteiger partial charge in [0.1, 0.15) is 0 Å². The van der Waals surface area contributed by atoms with E-state index in [4.69, 9.17) is 20.0 Å². The number of nitrogens with zero attached hydrogens (tertiary/aromatic N) is 6. The largest absolute Gasteiger partial charge is 0.368 e. The number of ketones is 2. The maximum Gasteiger partial charge on any atom is 0.272 e. The van der Waals surface area contributed by atoms with Gasteiger partial charge in [-0.2, -0.15) is 0 Å². The number of H-pyrrole nitrogens is 1. The molecule has 0 saturated carbocycles. The number of aromatic nitrogens is 1. The highest BCUT2D eigenvalue weighted by Gasteiger charge is 2.48. The van der Waals surface area contributed by atoms with Crippen LogP contribution in [-0.2, 0) is 0 Å². The molecule has 3 N–H and O–H groups in total. The van der Waals surface area contributed by atoms with Gasteiger partial charge in [-0.05, 0) is 60.7 Å². The second kappa shape index (κ2) is 9.33. The third-order valence-corrected chi connectivity index (χ3v) is 8.66. The molecular weight excluding hydrogens is 566 g/mol. The van der Waals surface area contributed by atoms with E-state index in [1.54, 1.807) is 12.1 Å². The number of amidine groups is 2. The van der Waals surface area contributed by atoms with Crippen molar-refractivity contribution in [2.45, 2.75) is 11.3 Å². The van der Waals surface area contributed by atoms with E-state index < -0.39 is 11.3 Å². The van der Waals surface area contributed by atoms with Crippen LogP contribution in [-0.4, -0.2) is 65.7 Å². The number of hydrogen-bond donors (Lipinski definition) is 3.